The van der Waals surface area contributed by atoms with E-state index < -0.39 is 0 Å². The summed E-state index contributed by atoms with van der Waals surface area (Å²) in [6, 6.07) is 6.73. The number of fused-ring (bicyclic) bond motifs is 1. The largest absolute Gasteiger partial charge is 0.340 e. The van der Waals surface area contributed by atoms with E-state index in [1.807, 2.05) is 12.3 Å². The van der Waals surface area contributed by atoms with Crippen LogP contribution in [0.5, 0.6) is 0 Å². The number of hydrogen-bond acceptors (Lipinski definition) is 5. The van der Waals surface area contributed by atoms with Crippen molar-refractivity contribution in [2.75, 3.05) is 13.6 Å². The molecule has 0 saturated carbocycles. The first-order valence-corrected chi connectivity index (χ1v) is 9.01. The highest BCUT2D eigenvalue weighted by atomic mass is 32.1. The van der Waals surface area contributed by atoms with Gasteiger partial charge in [0.05, 0.1) is 28.4 Å². The standard InChI is InChI=1S/C18H19N3O3S/c1-3-15-19-12(11-25-15)10-20(2)16(22)8-9-21-17(23)13-6-4-5-7-14(13)18(21)24/h4-7,11H,3,8-10H2,1-2H3. The zero-order valence-corrected chi connectivity index (χ0v) is 15.0. The first-order valence-electron chi connectivity index (χ1n) is 8.13. The molecule has 2 aromatic rings. The smallest absolute Gasteiger partial charge is 0.261 e. The third kappa shape index (κ3) is 3.46. The fraction of sp³-hybridized carbons (Fsp3) is 0.333. The summed E-state index contributed by atoms with van der Waals surface area (Å²) in [4.78, 5) is 44.1. The van der Waals surface area contributed by atoms with Crippen LogP contribution in [0.1, 0.15) is 44.8 Å². The Morgan fingerprint density at radius 1 is 1.20 bits per heavy atom. The Labute approximate surface area is 150 Å². The fourth-order valence-electron chi connectivity index (χ4n) is 2.76. The van der Waals surface area contributed by atoms with Crippen LogP contribution in [-0.2, 0) is 17.8 Å². The Bertz CT molecular complexity index is 795. The van der Waals surface area contributed by atoms with Crippen LogP contribution >= 0.6 is 11.3 Å². The summed E-state index contributed by atoms with van der Waals surface area (Å²) in [5.41, 5.74) is 1.67. The fourth-order valence-corrected chi connectivity index (χ4v) is 3.49. The van der Waals surface area contributed by atoms with Crippen LogP contribution < -0.4 is 0 Å². The Kier molecular flexibility index (Phi) is 4.94. The molecule has 0 bridgehead atoms. The van der Waals surface area contributed by atoms with Crippen molar-refractivity contribution < 1.29 is 14.4 Å². The van der Waals surface area contributed by atoms with E-state index in [2.05, 4.69) is 4.98 Å². The lowest BCUT2D eigenvalue weighted by Crippen LogP contribution is -2.35. The number of imide groups is 1. The minimum absolute atomic E-state index is 0.0901. The maximum absolute atomic E-state index is 12.3. The number of rotatable bonds is 6. The van der Waals surface area contributed by atoms with Crippen LogP contribution in [0.3, 0.4) is 0 Å². The van der Waals surface area contributed by atoms with Gasteiger partial charge in [-0.25, -0.2) is 4.98 Å². The zero-order valence-electron chi connectivity index (χ0n) is 14.2. The van der Waals surface area contributed by atoms with Gasteiger partial charge < -0.3 is 4.90 Å². The Morgan fingerprint density at radius 3 is 2.40 bits per heavy atom. The van der Waals surface area contributed by atoms with Gasteiger partial charge in [-0.05, 0) is 18.6 Å². The van der Waals surface area contributed by atoms with Gasteiger partial charge in [0, 0.05) is 25.4 Å². The topological polar surface area (TPSA) is 70.6 Å². The van der Waals surface area contributed by atoms with Crippen molar-refractivity contribution in [3.05, 3.63) is 51.5 Å². The van der Waals surface area contributed by atoms with Crippen molar-refractivity contribution in [1.29, 1.82) is 0 Å². The molecular weight excluding hydrogens is 338 g/mol. The lowest BCUT2D eigenvalue weighted by molar-refractivity contribution is -0.130. The number of amides is 3. The molecule has 130 valence electrons. The minimum atomic E-state index is -0.330. The van der Waals surface area contributed by atoms with Crippen molar-refractivity contribution in [3.8, 4) is 0 Å². The number of carbonyl (C=O) groups excluding carboxylic acids is 3. The van der Waals surface area contributed by atoms with Crippen molar-refractivity contribution in [2.45, 2.75) is 26.3 Å². The average molecular weight is 357 g/mol. The molecule has 0 unspecified atom stereocenters. The monoisotopic (exact) mass is 357 g/mol. The third-order valence-electron chi connectivity index (χ3n) is 4.15. The van der Waals surface area contributed by atoms with E-state index in [1.54, 1.807) is 47.5 Å². The van der Waals surface area contributed by atoms with Crippen LogP contribution in [0.4, 0.5) is 0 Å². The molecule has 1 aromatic heterocycles. The second kappa shape index (κ2) is 7.14. The molecule has 1 aromatic carbocycles. The Balaban J connectivity index is 1.57. The normalized spacial score (nSPS) is 13.3. The molecule has 0 fully saturated rings. The van der Waals surface area contributed by atoms with E-state index in [4.69, 9.17) is 0 Å². The van der Waals surface area contributed by atoms with E-state index >= 15 is 0 Å². The summed E-state index contributed by atoms with van der Waals surface area (Å²) in [6.45, 7) is 2.56. The van der Waals surface area contributed by atoms with Crippen molar-refractivity contribution in [1.82, 2.24) is 14.8 Å². The molecule has 1 aliphatic heterocycles. The van der Waals surface area contributed by atoms with Gasteiger partial charge in [0.2, 0.25) is 5.91 Å². The number of thiazole rings is 1. The average Bonchev–Trinajstić information content (AvgIpc) is 3.17. The second-order valence-corrected chi connectivity index (χ2v) is 6.84. The van der Waals surface area contributed by atoms with Gasteiger partial charge >= 0.3 is 0 Å². The van der Waals surface area contributed by atoms with Crippen molar-refractivity contribution >= 4 is 29.1 Å². The predicted octanol–water partition coefficient (Wildman–Crippen LogP) is 2.35. The molecule has 3 rings (SSSR count). The van der Waals surface area contributed by atoms with E-state index in [-0.39, 0.29) is 30.7 Å². The van der Waals surface area contributed by atoms with Gasteiger partial charge in [-0.15, -0.1) is 11.3 Å². The number of benzene rings is 1. The summed E-state index contributed by atoms with van der Waals surface area (Å²) in [5, 5.41) is 2.99. The van der Waals surface area contributed by atoms with E-state index in [0.29, 0.717) is 17.7 Å². The van der Waals surface area contributed by atoms with Crippen LogP contribution in [0.25, 0.3) is 0 Å². The number of carbonyl (C=O) groups is 3. The highest BCUT2D eigenvalue weighted by Gasteiger charge is 2.35. The first kappa shape index (κ1) is 17.3. The van der Waals surface area contributed by atoms with Gasteiger partial charge in [0.15, 0.2) is 0 Å². The summed E-state index contributed by atoms with van der Waals surface area (Å²) in [6.07, 6.45) is 0.981. The molecule has 6 nitrogen and oxygen atoms in total. The quantitative estimate of drug-likeness (QED) is 0.744. The molecule has 0 saturated heterocycles. The molecule has 2 heterocycles. The lowest BCUT2D eigenvalue weighted by Gasteiger charge is -2.18. The number of hydrogen-bond donors (Lipinski definition) is 0. The highest BCUT2D eigenvalue weighted by molar-refractivity contribution is 7.09. The van der Waals surface area contributed by atoms with Gasteiger partial charge in [0.25, 0.3) is 11.8 Å². The number of aryl methyl sites for hydroxylation is 1. The van der Waals surface area contributed by atoms with Gasteiger partial charge in [-0.3, -0.25) is 19.3 Å². The van der Waals surface area contributed by atoms with Crippen molar-refractivity contribution in [2.24, 2.45) is 0 Å². The minimum Gasteiger partial charge on any atom is -0.340 e. The zero-order chi connectivity index (χ0) is 18.0. The van der Waals surface area contributed by atoms with Gasteiger partial charge in [-0.2, -0.15) is 0 Å². The van der Waals surface area contributed by atoms with Gasteiger partial charge in [-0.1, -0.05) is 19.1 Å². The molecule has 0 N–H and O–H groups in total. The summed E-state index contributed by atoms with van der Waals surface area (Å²) in [7, 11) is 1.70. The second-order valence-electron chi connectivity index (χ2n) is 5.89. The van der Waals surface area contributed by atoms with Gasteiger partial charge in [0.1, 0.15) is 0 Å². The third-order valence-corrected chi connectivity index (χ3v) is 5.20. The number of aromatic nitrogens is 1. The predicted molar refractivity (Wildman–Crippen MR) is 94.4 cm³/mol. The maximum atomic E-state index is 12.3. The molecule has 3 amide bonds. The highest BCUT2D eigenvalue weighted by Crippen LogP contribution is 2.22. The number of nitrogens with zero attached hydrogens (tertiary/aromatic N) is 3. The summed E-state index contributed by atoms with van der Waals surface area (Å²) in [5.74, 6) is -0.783. The van der Waals surface area contributed by atoms with Crippen LogP contribution in [0.15, 0.2) is 29.6 Å². The Hall–Kier alpha value is -2.54. The summed E-state index contributed by atoms with van der Waals surface area (Å²) >= 11 is 1.58. The maximum Gasteiger partial charge on any atom is 0.261 e. The molecule has 0 aliphatic carbocycles. The van der Waals surface area contributed by atoms with E-state index in [1.165, 1.54) is 0 Å². The molecule has 0 spiro atoms. The Morgan fingerprint density at radius 2 is 1.84 bits per heavy atom. The van der Waals surface area contributed by atoms with Crippen LogP contribution in [0.2, 0.25) is 0 Å². The van der Waals surface area contributed by atoms with E-state index in [0.717, 1.165) is 22.0 Å². The summed E-state index contributed by atoms with van der Waals surface area (Å²) < 4.78 is 0. The molecule has 0 atom stereocenters. The SMILES string of the molecule is CCc1nc(CN(C)C(=O)CCN2C(=O)c3ccccc3C2=O)cs1. The molecule has 7 heteroatoms. The van der Waals surface area contributed by atoms with E-state index in [9.17, 15) is 14.4 Å². The van der Waals surface area contributed by atoms with Crippen LogP contribution in [-0.4, -0.2) is 46.1 Å². The molecule has 0 radical (unpaired) electrons. The first-order chi connectivity index (χ1) is 12.0. The van der Waals surface area contributed by atoms with Crippen LogP contribution in [0, 0.1) is 0 Å². The molecule has 25 heavy (non-hydrogen) atoms. The molecule has 1 aliphatic rings. The molecular formula is C18H19N3O3S. The van der Waals surface area contributed by atoms with Crippen molar-refractivity contribution in [3.63, 3.8) is 0 Å². The lowest BCUT2D eigenvalue weighted by atomic mass is 10.1.